The zero-order valence-corrected chi connectivity index (χ0v) is 14.3. The maximum atomic E-state index is 11.9. The Morgan fingerprint density at radius 2 is 2.08 bits per heavy atom. The van der Waals surface area contributed by atoms with E-state index in [0.717, 1.165) is 11.1 Å². The number of halogens is 1. The van der Waals surface area contributed by atoms with Gasteiger partial charge in [0.15, 0.2) is 23.0 Å². The molecule has 25 heavy (non-hydrogen) atoms. The number of aryl methyl sites for hydroxylation is 1. The molecular weight excluding hydrogens is 348 g/mol. The molecule has 0 aromatic heterocycles. The predicted octanol–water partition coefficient (Wildman–Crippen LogP) is 3.46. The monoisotopic (exact) mass is 364 g/mol. The van der Waals surface area contributed by atoms with Gasteiger partial charge >= 0.3 is 5.97 Å². The van der Waals surface area contributed by atoms with E-state index in [1.54, 1.807) is 30.3 Å². The molecule has 2 aromatic carbocycles. The lowest BCUT2D eigenvalue weighted by Gasteiger charge is -2.08. The zero-order chi connectivity index (χ0) is 17.8. The molecule has 1 N–H and O–H groups in total. The number of carbonyl (C=O) groups is 1. The highest BCUT2D eigenvalue weighted by molar-refractivity contribution is 6.32. The summed E-state index contributed by atoms with van der Waals surface area (Å²) in [6, 6.07) is 8.45. The average Bonchev–Trinajstić information content (AvgIpc) is 3.07. The lowest BCUT2D eigenvalue weighted by Crippen LogP contribution is -2.06. The van der Waals surface area contributed by atoms with E-state index in [4.69, 9.17) is 30.5 Å². The quantitative estimate of drug-likeness (QED) is 0.791. The van der Waals surface area contributed by atoms with Crippen LogP contribution in [0.2, 0.25) is 5.02 Å². The molecule has 132 valence electrons. The molecule has 6 nitrogen and oxygen atoms in total. The molecule has 0 fully saturated rings. The number of hydrogen-bond acceptors (Lipinski definition) is 6. The third-order valence-electron chi connectivity index (χ3n) is 3.75. The molecule has 7 heteroatoms. The number of benzene rings is 2. The van der Waals surface area contributed by atoms with Crippen LogP contribution in [0, 0.1) is 0 Å². The van der Waals surface area contributed by atoms with Crippen LogP contribution in [0.25, 0.3) is 0 Å². The molecule has 0 unspecified atom stereocenters. The van der Waals surface area contributed by atoms with E-state index in [2.05, 4.69) is 0 Å². The number of methoxy groups -OCH3 is 1. The second-order valence-corrected chi connectivity index (χ2v) is 5.89. The van der Waals surface area contributed by atoms with Crippen molar-refractivity contribution in [2.45, 2.75) is 19.4 Å². The van der Waals surface area contributed by atoms with Crippen molar-refractivity contribution in [3.05, 3.63) is 46.5 Å². The fraction of sp³-hybridized carbons (Fsp3) is 0.278. The van der Waals surface area contributed by atoms with Crippen LogP contribution in [0.4, 0.5) is 0 Å². The standard InChI is InChI=1S/C18H17ClO6/c1-22-15-4-2-11(7-14(15)20)3-5-17(21)23-9-12-6-13(19)18-16(8-12)24-10-25-18/h2,4,6-8,20H,3,5,9-10H2,1H3. The van der Waals surface area contributed by atoms with Gasteiger partial charge in [0.1, 0.15) is 6.61 Å². The fourth-order valence-electron chi connectivity index (χ4n) is 2.48. The topological polar surface area (TPSA) is 74.2 Å². The van der Waals surface area contributed by atoms with E-state index in [0.29, 0.717) is 28.7 Å². The molecule has 1 heterocycles. The third kappa shape index (κ3) is 4.09. The molecule has 2 aromatic rings. The molecule has 0 saturated heterocycles. The van der Waals surface area contributed by atoms with Crippen LogP contribution in [0.5, 0.6) is 23.0 Å². The first-order chi connectivity index (χ1) is 12.1. The van der Waals surface area contributed by atoms with E-state index in [9.17, 15) is 9.90 Å². The Hall–Kier alpha value is -2.60. The van der Waals surface area contributed by atoms with Gasteiger partial charge < -0.3 is 24.1 Å². The first kappa shape index (κ1) is 17.2. The molecule has 0 aliphatic carbocycles. The molecule has 0 saturated carbocycles. The summed E-state index contributed by atoms with van der Waals surface area (Å²) in [6.07, 6.45) is 0.655. The summed E-state index contributed by atoms with van der Waals surface area (Å²) in [5, 5.41) is 10.2. The first-order valence-electron chi connectivity index (χ1n) is 7.66. The number of esters is 1. The number of aromatic hydroxyl groups is 1. The Morgan fingerprint density at radius 1 is 1.24 bits per heavy atom. The van der Waals surface area contributed by atoms with Crippen LogP contribution in [-0.4, -0.2) is 25.0 Å². The fourth-order valence-corrected chi connectivity index (χ4v) is 2.77. The summed E-state index contributed by atoms with van der Waals surface area (Å²) in [7, 11) is 1.48. The zero-order valence-electron chi connectivity index (χ0n) is 13.6. The number of ether oxygens (including phenoxy) is 4. The van der Waals surface area contributed by atoms with Gasteiger partial charge in [-0.3, -0.25) is 4.79 Å². The van der Waals surface area contributed by atoms with Gasteiger partial charge in [0, 0.05) is 6.42 Å². The molecule has 0 bridgehead atoms. The van der Waals surface area contributed by atoms with Crippen molar-refractivity contribution in [2.75, 3.05) is 13.9 Å². The molecule has 0 radical (unpaired) electrons. The maximum Gasteiger partial charge on any atom is 0.306 e. The highest BCUT2D eigenvalue weighted by atomic mass is 35.5. The van der Waals surface area contributed by atoms with Crippen LogP contribution in [0.15, 0.2) is 30.3 Å². The van der Waals surface area contributed by atoms with Gasteiger partial charge in [-0.05, 0) is 41.8 Å². The molecular formula is C18H17ClO6. The number of phenolic OH excluding ortho intramolecular Hbond substituents is 1. The van der Waals surface area contributed by atoms with Crippen molar-refractivity contribution >= 4 is 17.6 Å². The Labute approximate surface area is 149 Å². The molecule has 0 atom stereocenters. The second kappa shape index (κ2) is 7.53. The lowest BCUT2D eigenvalue weighted by atomic mass is 10.1. The van der Waals surface area contributed by atoms with Crippen molar-refractivity contribution in [1.82, 2.24) is 0 Å². The maximum absolute atomic E-state index is 11.9. The van der Waals surface area contributed by atoms with Crippen LogP contribution >= 0.6 is 11.6 Å². The number of hydrogen-bond donors (Lipinski definition) is 1. The summed E-state index contributed by atoms with van der Waals surface area (Å²) >= 11 is 6.09. The van der Waals surface area contributed by atoms with Crippen molar-refractivity contribution < 1.29 is 28.8 Å². The molecule has 0 amide bonds. The Kier molecular flexibility index (Phi) is 5.19. The minimum absolute atomic E-state index is 0.0448. The SMILES string of the molecule is COc1ccc(CCC(=O)OCc2cc(Cl)c3c(c2)OCO3)cc1O. The van der Waals surface area contributed by atoms with Crippen LogP contribution in [0.3, 0.4) is 0 Å². The van der Waals surface area contributed by atoms with Gasteiger partial charge in [0.2, 0.25) is 6.79 Å². The predicted molar refractivity (Wildman–Crippen MR) is 90.4 cm³/mol. The summed E-state index contributed by atoms with van der Waals surface area (Å²) in [5.41, 5.74) is 1.55. The normalized spacial score (nSPS) is 12.1. The largest absolute Gasteiger partial charge is 0.504 e. The number of rotatable bonds is 6. The van der Waals surface area contributed by atoms with E-state index < -0.39 is 0 Å². The highest BCUT2D eigenvalue weighted by Gasteiger charge is 2.18. The second-order valence-electron chi connectivity index (χ2n) is 5.48. The summed E-state index contributed by atoms with van der Waals surface area (Å²) < 4.78 is 20.8. The van der Waals surface area contributed by atoms with Gasteiger partial charge in [-0.1, -0.05) is 17.7 Å². The molecule has 0 spiro atoms. The summed E-state index contributed by atoms with van der Waals surface area (Å²) in [6.45, 7) is 0.232. The third-order valence-corrected chi connectivity index (χ3v) is 4.03. The van der Waals surface area contributed by atoms with Gasteiger partial charge in [0.05, 0.1) is 12.1 Å². The smallest absolute Gasteiger partial charge is 0.306 e. The van der Waals surface area contributed by atoms with Gasteiger partial charge in [0.25, 0.3) is 0 Å². The van der Waals surface area contributed by atoms with Gasteiger partial charge in [-0.2, -0.15) is 0 Å². The van der Waals surface area contributed by atoms with E-state index in [1.807, 2.05) is 0 Å². The Balaban J connectivity index is 1.52. The van der Waals surface area contributed by atoms with Crippen molar-refractivity contribution in [2.24, 2.45) is 0 Å². The molecule has 1 aliphatic rings. The van der Waals surface area contributed by atoms with Crippen molar-refractivity contribution in [1.29, 1.82) is 0 Å². The lowest BCUT2D eigenvalue weighted by molar-refractivity contribution is -0.144. The minimum atomic E-state index is -0.343. The number of carbonyl (C=O) groups excluding carboxylic acids is 1. The van der Waals surface area contributed by atoms with Gasteiger partial charge in [-0.25, -0.2) is 0 Å². The average molecular weight is 365 g/mol. The van der Waals surface area contributed by atoms with Crippen LogP contribution in [0.1, 0.15) is 17.5 Å². The van der Waals surface area contributed by atoms with Crippen molar-refractivity contribution in [3.63, 3.8) is 0 Å². The first-order valence-corrected chi connectivity index (χ1v) is 8.04. The number of phenols is 1. The van der Waals surface area contributed by atoms with Crippen LogP contribution in [-0.2, 0) is 22.6 Å². The number of fused-ring (bicyclic) bond motifs is 1. The Morgan fingerprint density at radius 3 is 2.84 bits per heavy atom. The summed E-state index contributed by atoms with van der Waals surface area (Å²) in [5.74, 6) is 1.15. The summed E-state index contributed by atoms with van der Waals surface area (Å²) in [4.78, 5) is 11.9. The molecule has 3 rings (SSSR count). The molecule has 1 aliphatic heterocycles. The van der Waals surface area contributed by atoms with E-state index in [-0.39, 0.29) is 31.5 Å². The van der Waals surface area contributed by atoms with Gasteiger partial charge in [-0.15, -0.1) is 0 Å². The van der Waals surface area contributed by atoms with Crippen molar-refractivity contribution in [3.8, 4) is 23.0 Å². The van der Waals surface area contributed by atoms with Crippen LogP contribution < -0.4 is 14.2 Å². The Bertz CT molecular complexity index is 789. The van der Waals surface area contributed by atoms with E-state index >= 15 is 0 Å². The highest BCUT2D eigenvalue weighted by Crippen LogP contribution is 2.39. The minimum Gasteiger partial charge on any atom is -0.504 e. The van der Waals surface area contributed by atoms with E-state index in [1.165, 1.54) is 7.11 Å².